The van der Waals surface area contributed by atoms with Gasteiger partial charge in [0.25, 0.3) is 0 Å². The summed E-state index contributed by atoms with van der Waals surface area (Å²) in [7, 11) is -1.08. The Bertz CT molecular complexity index is 250. The van der Waals surface area contributed by atoms with Crippen LogP contribution >= 0.6 is 12.4 Å². The molecule has 1 saturated heterocycles. The van der Waals surface area contributed by atoms with Gasteiger partial charge in [-0.2, -0.15) is 4.31 Å². The lowest BCUT2D eigenvalue weighted by molar-refractivity contribution is 0.222. The molecular weight excluding hydrogens is 226 g/mol. The molecule has 1 aliphatic rings. The highest BCUT2D eigenvalue weighted by Gasteiger charge is 2.24. The van der Waals surface area contributed by atoms with Crippen molar-refractivity contribution in [3.05, 3.63) is 0 Å². The summed E-state index contributed by atoms with van der Waals surface area (Å²) in [6, 6.07) is 0. The lowest BCUT2D eigenvalue weighted by atomic mass is 10.4. The van der Waals surface area contributed by atoms with Crippen LogP contribution in [0.15, 0.2) is 0 Å². The molecule has 5 nitrogen and oxygen atoms in total. The molecule has 1 rings (SSSR count). The molecule has 0 saturated carbocycles. The first-order valence-corrected chi connectivity index (χ1v) is 6.03. The van der Waals surface area contributed by atoms with Crippen LogP contribution in [0.4, 0.5) is 0 Å². The third-order valence-electron chi connectivity index (χ3n) is 2.23. The molecule has 1 aliphatic heterocycles. The number of sulfonamides is 1. The number of hydrogen-bond acceptors (Lipinski definition) is 4. The van der Waals surface area contributed by atoms with Gasteiger partial charge >= 0.3 is 0 Å². The van der Waals surface area contributed by atoms with E-state index in [-0.39, 0.29) is 24.7 Å². The van der Waals surface area contributed by atoms with Gasteiger partial charge in [-0.05, 0) is 7.05 Å². The standard InChI is InChI=1S/C7H17N3O2S.ClH/c1-9-3-5-10(6-4-9)13(11,12)7-2-8;/h2-8H2,1H3;1H. The summed E-state index contributed by atoms with van der Waals surface area (Å²) in [6.45, 7) is 3.01. The first-order valence-electron chi connectivity index (χ1n) is 4.42. The average molecular weight is 244 g/mol. The van der Waals surface area contributed by atoms with E-state index >= 15 is 0 Å². The molecule has 0 amide bonds. The second-order valence-corrected chi connectivity index (χ2v) is 5.40. The maximum atomic E-state index is 11.5. The predicted octanol–water partition coefficient (Wildman–Crippen LogP) is -1.06. The summed E-state index contributed by atoms with van der Waals surface area (Å²) in [5.74, 6) is 0.0662. The van der Waals surface area contributed by atoms with Crippen LogP contribution in [0.2, 0.25) is 0 Å². The van der Waals surface area contributed by atoms with Gasteiger partial charge < -0.3 is 10.6 Å². The summed E-state index contributed by atoms with van der Waals surface area (Å²) < 4.78 is 24.6. The molecule has 86 valence electrons. The Morgan fingerprint density at radius 3 is 2.14 bits per heavy atom. The number of hydrogen-bond donors (Lipinski definition) is 1. The SMILES string of the molecule is CN1CCN(S(=O)(=O)CCN)CC1.Cl. The van der Waals surface area contributed by atoms with Crippen molar-refractivity contribution in [1.82, 2.24) is 9.21 Å². The number of nitrogens with two attached hydrogens (primary N) is 1. The molecule has 0 aliphatic carbocycles. The number of nitrogens with zero attached hydrogens (tertiary/aromatic N) is 2. The van der Waals surface area contributed by atoms with E-state index in [9.17, 15) is 8.42 Å². The fourth-order valence-corrected chi connectivity index (χ4v) is 2.62. The third-order valence-corrected chi connectivity index (χ3v) is 4.13. The second-order valence-electron chi connectivity index (χ2n) is 3.31. The molecule has 7 heteroatoms. The van der Waals surface area contributed by atoms with Crippen molar-refractivity contribution in [1.29, 1.82) is 0 Å². The molecule has 0 aromatic heterocycles. The lowest BCUT2D eigenvalue weighted by Crippen LogP contribution is -2.48. The maximum absolute atomic E-state index is 11.5. The molecule has 2 N–H and O–H groups in total. The minimum Gasteiger partial charge on any atom is -0.329 e. The minimum absolute atomic E-state index is 0. The van der Waals surface area contributed by atoms with Gasteiger partial charge in [-0.1, -0.05) is 0 Å². The molecule has 0 unspecified atom stereocenters. The van der Waals surface area contributed by atoms with Crippen LogP contribution in [0.25, 0.3) is 0 Å². The molecule has 0 bridgehead atoms. The number of likely N-dealkylation sites (N-methyl/N-ethyl adjacent to an activating group) is 1. The molecule has 0 aromatic rings. The zero-order valence-corrected chi connectivity index (χ0v) is 9.98. The van der Waals surface area contributed by atoms with Crippen molar-refractivity contribution < 1.29 is 8.42 Å². The Kier molecular flexibility index (Phi) is 5.92. The van der Waals surface area contributed by atoms with Gasteiger partial charge in [-0.3, -0.25) is 0 Å². The van der Waals surface area contributed by atoms with Crippen molar-refractivity contribution in [2.24, 2.45) is 5.73 Å². The normalized spacial score (nSPS) is 20.4. The van der Waals surface area contributed by atoms with Crippen molar-refractivity contribution in [3.63, 3.8) is 0 Å². The topological polar surface area (TPSA) is 66.6 Å². The Labute approximate surface area is 91.7 Å². The zero-order chi connectivity index (χ0) is 9.90. The van der Waals surface area contributed by atoms with Gasteiger partial charge in [0.05, 0.1) is 5.75 Å². The van der Waals surface area contributed by atoms with E-state index in [1.165, 1.54) is 4.31 Å². The zero-order valence-electron chi connectivity index (χ0n) is 8.35. The molecular formula is C7H18ClN3O2S. The molecule has 1 heterocycles. The highest BCUT2D eigenvalue weighted by atomic mass is 35.5. The Morgan fingerprint density at radius 1 is 1.21 bits per heavy atom. The summed E-state index contributed by atoms with van der Waals surface area (Å²) in [6.07, 6.45) is 0. The van der Waals surface area contributed by atoms with Gasteiger partial charge in [0, 0.05) is 32.7 Å². The molecule has 0 atom stereocenters. The van der Waals surface area contributed by atoms with Crippen molar-refractivity contribution in [3.8, 4) is 0 Å². The van der Waals surface area contributed by atoms with Crippen LogP contribution in [-0.4, -0.2) is 63.1 Å². The molecule has 0 aromatic carbocycles. The van der Waals surface area contributed by atoms with E-state index in [2.05, 4.69) is 4.90 Å². The predicted molar refractivity (Wildman–Crippen MR) is 59.2 cm³/mol. The second kappa shape index (κ2) is 5.87. The maximum Gasteiger partial charge on any atom is 0.215 e. The highest BCUT2D eigenvalue weighted by Crippen LogP contribution is 2.05. The van der Waals surface area contributed by atoms with Crippen LogP contribution in [0.3, 0.4) is 0 Å². The fraction of sp³-hybridized carbons (Fsp3) is 1.00. The van der Waals surface area contributed by atoms with Crippen molar-refractivity contribution >= 4 is 22.4 Å². The largest absolute Gasteiger partial charge is 0.329 e. The van der Waals surface area contributed by atoms with E-state index < -0.39 is 10.0 Å². The molecule has 0 radical (unpaired) electrons. The third kappa shape index (κ3) is 3.70. The van der Waals surface area contributed by atoms with E-state index in [4.69, 9.17) is 5.73 Å². The average Bonchev–Trinajstić information content (AvgIpc) is 2.05. The van der Waals surface area contributed by atoms with Crippen LogP contribution in [0.5, 0.6) is 0 Å². The molecule has 14 heavy (non-hydrogen) atoms. The molecule has 1 fully saturated rings. The van der Waals surface area contributed by atoms with E-state index in [1.54, 1.807) is 0 Å². The van der Waals surface area contributed by atoms with E-state index in [0.717, 1.165) is 13.1 Å². The minimum atomic E-state index is -3.08. The van der Waals surface area contributed by atoms with E-state index in [1.807, 2.05) is 7.05 Å². The Hall–Kier alpha value is 0.120. The first-order chi connectivity index (χ1) is 6.06. The van der Waals surface area contributed by atoms with Gasteiger partial charge in [-0.25, -0.2) is 8.42 Å². The van der Waals surface area contributed by atoms with Crippen LogP contribution in [-0.2, 0) is 10.0 Å². The van der Waals surface area contributed by atoms with Crippen molar-refractivity contribution in [2.75, 3.05) is 45.5 Å². The summed E-state index contributed by atoms with van der Waals surface area (Å²) in [4.78, 5) is 2.12. The van der Waals surface area contributed by atoms with Gasteiger partial charge in [0.1, 0.15) is 0 Å². The van der Waals surface area contributed by atoms with E-state index in [0.29, 0.717) is 13.1 Å². The van der Waals surface area contributed by atoms with Gasteiger partial charge in [0.2, 0.25) is 10.0 Å². The first kappa shape index (κ1) is 14.1. The number of piperazine rings is 1. The van der Waals surface area contributed by atoms with Gasteiger partial charge in [-0.15, -0.1) is 12.4 Å². The quantitative estimate of drug-likeness (QED) is 0.687. The van der Waals surface area contributed by atoms with Crippen LogP contribution < -0.4 is 5.73 Å². The summed E-state index contributed by atoms with van der Waals surface area (Å²) in [5.41, 5.74) is 5.23. The Morgan fingerprint density at radius 2 is 1.71 bits per heavy atom. The summed E-state index contributed by atoms with van der Waals surface area (Å²) >= 11 is 0. The number of halogens is 1. The van der Waals surface area contributed by atoms with Crippen LogP contribution in [0.1, 0.15) is 0 Å². The number of rotatable bonds is 3. The van der Waals surface area contributed by atoms with Crippen LogP contribution in [0, 0.1) is 0 Å². The smallest absolute Gasteiger partial charge is 0.215 e. The Balaban J connectivity index is 0.00000169. The fourth-order valence-electron chi connectivity index (χ4n) is 1.34. The highest BCUT2D eigenvalue weighted by molar-refractivity contribution is 7.89. The summed E-state index contributed by atoms with van der Waals surface area (Å²) in [5, 5.41) is 0. The van der Waals surface area contributed by atoms with Crippen molar-refractivity contribution in [2.45, 2.75) is 0 Å². The monoisotopic (exact) mass is 243 g/mol. The lowest BCUT2D eigenvalue weighted by Gasteiger charge is -2.31. The molecule has 0 spiro atoms. The van der Waals surface area contributed by atoms with Gasteiger partial charge in [0.15, 0.2) is 0 Å².